The zero-order valence-electron chi connectivity index (χ0n) is 15.9. The summed E-state index contributed by atoms with van der Waals surface area (Å²) in [6.45, 7) is 2.01. The highest BCUT2D eigenvalue weighted by Gasteiger charge is 2.28. The summed E-state index contributed by atoms with van der Waals surface area (Å²) in [4.78, 5) is 13.9. The fourth-order valence-corrected chi connectivity index (χ4v) is 3.40. The zero-order valence-corrected chi connectivity index (χ0v) is 15.9. The van der Waals surface area contributed by atoms with Gasteiger partial charge >= 0.3 is 0 Å². The minimum Gasteiger partial charge on any atom is -0.382 e. The lowest BCUT2D eigenvalue weighted by Gasteiger charge is -2.16. The number of aromatic nitrogens is 5. The van der Waals surface area contributed by atoms with Crippen molar-refractivity contribution in [3.05, 3.63) is 66.0 Å². The molecule has 4 aromatic rings. The van der Waals surface area contributed by atoms with Crippen LogP contribution in [0.3, 0.4) is 0 Å². The molecule has 1 aliphatic rings. The number of halogens is 1. The van der Waals surface area contributed by atoms with Crippen LogP contribution in [0.5, 0.6) is 0 Å². The number of hydrogen-bond acceptors (Lipinski definition) is 6. The van der Waals surface area contributed by atoms with Crippen molar-refractivity contribution in [3.63, 3.8) is 0 Å². The highest BCUT2D eigenvalue weighted by molar-refractivity contribution is 5.85. The predicted octanol–water partition coefficient (Wildman–Crippen LogP) is 4.45. The van der Waals surface area contributed by atoms with E-state index in [9.17, 15) is 4.39 Å². The second-order valence-corrected chi connectivity index (χ2v) is 7.34. The SMILES string of the molecule is C[C@H](Nc1cc(-c2c(N)nn3cccnc23)nc(C2CC2)n1)c1ccc(F)cc1.[HH].[HH]. The van der Waals surface area contributed by atoms with Crippen LogP contribution in [0.4, 0.5) is 16.0 Å². The van der Waals surface area contributed by atoms with Gasteiger partial charge in [-0.1, -0.05) is 12.1 Å². The summed E-state index contributed by atoms with van der Waals surface area (Å²) in [6.07, 6.45) is 5.68. The van der Waals surface area contributed by atoms with Gasteiger partial charge in [-0.25, -0.2) is 23.9 Å². The number of nitrogen functional groups attached to an aromatic ring is 1. The molecule has 1 aromatic carbocycles. The van der Waals surface area contributed by atoms with Crippen LogP contribution >= 0.6 is 0 Å². The number of benzene rings is 1. The van der Waals surface area contributed by atoms with Crippen LogP contribution in [0.2, 0.25) is 0 Å². The van der Waals surface area contributed by atoms with Crippen molar-refractivity contribution in [1.29, 1.82) is 0 Å². The molecule has 29 heavy (non-hydrogen) atoms. The summed E-state index contributed by atoms with van der Waals surface area (Å²) in [7, 11) is 0. The monoisotopic (exact) mass is 393 g/mol. The normalized spacial score (nSPS) is 14.8. The summed E-state index contributed by atoms with van der Waals surface area (Å²) in [5.41, 5.74) is 9.22. The molecule has 1 aliphatic carbocycles. The molecule has 0 unspecified atom stereocenters. The third kappa shape index (κ3) is 3.37. The molecule has 5 rings (SSSR count). The Labute approximate surface area is 169 Å². The van der Waals surface area contributed by atoms with Crippen LogP contribution in [-0.2, 0) is 0 Å². The van der Waals surface area contributed by atoms with E-state index >= 15 is 0 Å². The van der Waals surface area contributed by atoms with E-state index in [0.29, 0.717) is 34.5 Å². The first-order valence-corrected chi connectivity index (χ1v) is 9.58. The lowest BCUT2D eigenvalue weighted by Crippen LogP contribution is -2.10. The molecular formula is C21H24FN7. The molecule has 3 heterocycles. The standard InChI is InChI=1S/C21H20FN7.2H2/c1-12(13-5-7-15(22)8-6-13)25-17-11-16(26-20(27-17)14-3-4-14)18-19(23)28-29-10-2-9-24-21(18)29;;/h2,5-12,14H,3-4H2,1H3,(H2,23,28)(H,25,26,27);2*1H/t12-;;/m0../s1. The van der Waals surface area contributed by atoms with Crippen LogP contribution in [0.1, 0.15) is 46.0 Å². The van der Waals surface area contributed by atoms with Gasteiger partial charge in [-0.3, -0.25) is 0 Å². The number of hydrogen-bond donors (Lipinski definition) is 2. The van der Waals surface area contributed by atoms with E-state index in [-0.39, 0.29) is 14.7 Å². The molecule has 0 spiro atoms. The largest absolute Gasteiger partial charge is 0.382 e. The van der Waals surface area contributed by atoms with Gasteiger partial charge in [0.05, 0.1) is 11.3 Å². The molecule has 0 radical (unpaired) electrons. The summed E-state index contributed by atoms with van der Waals surface area (Å²) in [6, 6.07) is 10.1. The van der Waals surface area contributed by atoms with Crippen LogP contribution in [0.25, 0.3) is 16.9 Å². The second kappa shape index (κ2) is 6.80. The first-order valence-electron chi connectivity index (χ1n) is 9.58. The fourth-order valence-electron chi connectivity index (χ4n) is 3.40. The van der Waals surface area contributed by atoms with Crippen molar-refractivity contribution in [1.82, 2.24) is 24.6 Å². The van der Waals surface area contributed by atoms with E-state index in [2.05, 4.69) is 15.4 Å². The fraction of sp³-hybridized carbons (Fsp3) is 0.238. The molecule has 150 valence electrons. The Kier molecular flexibility index (Phi) is 4.12. The minimum atomic E-state index is -0.252. The van der Waals surface area contributed by atoms with Gasteiger partial charge in [0.15, 0.2) is 11.5 Å². The van der Waals surface area contributed by atoms with Gasteiger partial charge in [-0.2, -0.15) is 0 Å². The van der Waals surface area contributed by atoms with Crippen molar-refractivity contribution in [2.45, 2.75) is 31.7 Å². The molecule has 7 nitrogen and oxygen atoms in total. The Balaban J connectivity index is 0.00000136. The Bertz CT molecular complexity index is 1190. The molecule has 1 atom stereocenters. The van der Waals surface area contributed by atoms with E-state index in [1.165, 1.54) is 12.1 Å². The maximum Gasteiger partial charge on any atom is 0.166 e. The summed E-state index contributed by atoms with van der Waals surface area (Å²) in [5, 5.41) is 7.75. The van der Waals surface area contributed by atoms with Crippen LogP contribution in [0.15, 0.2) is 48.8 Å². The number of rotatable bonds is 5. The minimum absolute atomic E-state index is 0. The molecule has 0 bridgehead atoms. The Morgan fingerprint density at radius 3 is 2.79 bits per heavy atom. The molecule has 1 fully saturated rings. The summed E-state index contributed by atoms with van der Waals surface area (Å²) < 4.78 is 14.9. The molecule has 0 aliphatic heterocycles. The maximum atomic E-state index is 13.2. The van der Waals surface area contributed by atoms with E-state index in [1.807, 2.05) is 13.0 Å². The first-order chi connectivity index (χ1) is 14.1. The topological polar surface area (TPSA) is 94.0 Å². The van der Waals surface area contributed by atoms with Crippen molar-refractivity contribution >= 4 is 17.3 Å². The highest BCUT2D eigenvalue weighted by Crippen LogP contribution is 2.40. The molecule has 1 saturated carbocycles. The first kappa shape index (κ1) is 17.5. The maximum absolute atomic E-state index is 13.2. The van der Waals surface area contributed by atoms with E-state index in [0.717, 1.165) is 24.2 Å². The molecular weight excluding hydrogens is 369 g/mol. The van der Waals surface area contributed by atoms with E-state index < -0.39 is 0 Å². The summed E-state index contributed by atoms with van der Waals surface area (Å²) >= 11 is 0. The lowest BCUT2D eigenvalue weighted by atomic mass is 10.1. The third-order valence-electron chi connectivity index (χ3n) is 5.10. The lowest BCUT2D eigenvalue weighted by molar-refractivity contribution is 0.626. The van der Waals surface area contributed by atoms with Gasteiger partial charge in [0, 0.05) is 33.3 Å². The summed E-state index contributed by atoms with van der Waals surface area (Å²) in [5.74, 6) is 1.99. The number of fused-ring (bicyclic) bond motifs is 1. The van der Waals surface area contributed by atoms with Crippen molar-refractivity contribution in [2.24, 2.45) is 0 Å². The van der Waals surface area contributed by atoms with Gasteiger partial charge in [0.1, 0.15) is 17.5 Å². The quantitative estimate of drug-likeness (QED) is 0.520. The third-order valence-corrected chi connectivity index (χ3v) is 5.10. The number of nitrogens with two attached hydrogens (primary N) is 1. The van der Waals surface area contributed by atoms with Gasteiger partial charge in [-0.15, -0.1) is 5.10 Å². The van der Waals surface area contributed by atoms with Crippen molar-refractivity contribution in [2.75, 3.05) is 11.1 Å². The molecule has 0 saturated heterocycles. The zero-order chi connectivity index (χ0) is 20.0. The smallest absolute Gasteiger partial charge is 0.166 e. The Morgan fingerprint density at radius 1 is 1.24 bits per heavy atom. The van der Waals surface area contributed by atoms with Gasteiger partial charge in [0.2, 0.25) is 0 Å². The number of anilines is 2. The average Bonchev–Trinajstić information content (AvgIpc) is 3.50. The Morgan fingerprint density at radius 2 is 2.03 bits per heavy atom. The molecule has 8 heteroatoms. The molecule has 3 N–H and O–H groups in total. The predicted molar refractivity (Wildman–Crippen MR) is 113 cm³/mol. The number of nitrogens with one attached hydrogen (secondary N) is 1. The van der Waals surface area contributed by atoms with Gasteiger partial charge < -0.3 is 11.1 Å². The van der Waals surface area contributed by atoms with Crippen LogP contribution in [0, 0.1) is 5.82 Å². The molecule has 3 aromatic heterocycles. The van der Waals surface area contributed by atoms with E-state index in [4.69, 9.17) is 15.7 Å². The van der Waals surface area contributed by atoms with Gasteiger partial charge in [-0.05, 0) is 43.5 Å². The van der Waals surface area contributed by atoms with Crippen LogP contribution in [-0.4, -0.2) is 24.6 Å². The Hall–Kier alpha value is -3.55. The second-order valence-electron chi connectivity index (χ2n) is 7.34. The highest BCUT2D eigenvalue weighted by atomic mass is 19.1. The van der Waals surface area contributed by atoms with Crippen LogP contribution < -0.4 is 11.1 Å². The number of nitrogens with zero attached hydrogens (tertiary/aromatic N) is 5. The van der Waals surface area contributed by atoms with Crippen molar-refractivity contribution in [3.8, 4) is 11.3 Å². The van der Waals surface area contributed by atoms with Crippen molar-refractivity contribution < 1.29 is 7.24 Å². The van der Waals surface area contributed by atoms with E-state index in [1.54, 1.807) is 35.1 Å². The van der Waals surface area contributed by atoms with Gasteiger partial charge in [0.25, 0.3) is 0 Å². The average molecular weight is 393 g/mol. The molecule has 0 amide bonds.